The second kappa shape index (κ2) is 7.17. The highest BCUT2D eigenvalue weighted by molar-refractivity contribution is 6.01. The van der Waals surface area contributed by atoms with Crippen LogP contribution >= 0.6 is 0 Å². The summed E-state index contributed by atoms with van der Waals surface area (Å²) in [5.41, 5.74) is 1.25. The Morgan fingerprint density at radius 2 is 2.17 bits per heavy atom. The van der Waals surface area contributed by atoms with Gasteiger partial charge in [-0.2, -0.15) is 0 Å². The predicted molar refractivity (Wildman–Crippen MR) is 87.0 cm³/mol. The Kier molecular flexibility index (Phi) is 5.26. The fraction of sp³-hybridized carbons (Fsp3) is 0.412. The lowest BCUT2D eigenvalue weighted by molar-refractivity contribution is -0.131. The Morgan fingerprint density at radius 1 is 1.43 bits per heavy atom. The van der Waals surface area contributed by atoms with Crippen molar-refractivity contribution < 1.29 is 24.2 Å². The minimum Gasteiger partial charge on any atom is -0.493 e. The number of amides is 1. The molecule has 2 rings (SSSR count). The van der Waals surface area contributed by atoms with Crippen molar-refractivity contribution in [2.75, 3.05) is 18.6 Å². The minimum absolute atomic E-state index is 0.0803. The van der Waals surface area contributed by atoms with E-state index >= 15 is 0 Å². The van der Waals surface area contributed by atoms with Crippen LogP contribution in [-0.2, 0) is 9.59 Å². The molecule has 1 aromatic carbocycles. The monoisotopic (exact) mass is 319 g/mol. The first kappa shape index (κ1) is 16.9. The third-order valence-corrected chi connectivity index (χ3v) is 3.61. The number of fused-ring (bicyclic) bond motifs is 1. The molecule has 1 aliphatic rings. The fourth-order valence-corrected chi connectivity index (χ4v) is 2.54. The van der Waals surface area contributed by atoms with Gasteiger partial charge in [0.25, 0.3) is 5.91 Å². The lowest BCUT2D eigenvalue weighted by Crippen LogP contribution is -2.46. The number of anilines is 1. The van der Waals surface area contributed by atoms with Gasteiger partial charge in [-0.05, 0) is 36.6 Å². The Hall–Kier alpha value is -2.50. The smallest absolute Gasteiger partial charge is 0.328 e. The van der Waals surface area contributed by atoms with Gasteiger partial charge in [-0.3, -0.25) is 4.79 Å². The molecule has 1 amide bonds. The molecule has 0 saturated heterocycles. The maximum Gasteiger partial charge on any atom is 0.328 e. The SMILES string of the molecule is CCCN1C(=O)C(CC)Oc2c(OC)cc(/C=C/C(=O)O)cc21. The van der Waals surface area contributed by atoms with E-state index in [1.807, 2.05) is 13.8 Å². The normalized spacial score (nSPS) is 17.1. The summed E-state index contributed by atoms with van der Waals surface area (Å²) in [5.74, 6) is -0.104. The number of benzene rings is 1. The lowest BCUT2D eigenvalue weighted by Gasteiger charge is -2.35. The van der Waals surface area contributed by atoms with E-state index in [2.05, 4.69) is 0 Å². The van der Waals surface area contributed by atoms with Crippen LogP contribution in [0.3, 0.4) is 0 Å². The summed E-state index contributed by atoms with van der Waals surface area (Å²) in [7, 11) is 1.52. The number of methoxy groups -OCH3 is 1. The van der Waals surface area contributed by atoms with Gasteiger partial charge >= 0.3 is 5.97 Å². The van der Waals surface area contributed by atoms with E-state index in [-0.39, 0.29) is 5.91 Å². The highest BCUT2D eigenvalue weighted by atomic mass is 16.5. The van der Waals surface area contributed by atoms with Crippen LogP contribution in [0, 0.1) is 0 Å². The van der Waals surface area contributed by atoms with Crippen molar-refractivity contribution in [1.82, 2.24) is 0 Å². The lowest BCUT2D eigenvalue weighted by atomic mass is 10.1. The number of hydrogen-bond donors (Lipinski definition) is 1. The second-order valence-corrected chi connectivity index (χ2v) is 5.25. The van der Waals surface area contributed by atoms with Crippen molar-refractivity contribution >= 4 is 23.6 Å². The number of carboxylic acids is 1. The van der Waals surface area contributed by atoms with Crippen LogP contribution in [-0.4, -0.2) is 36.7 Å². The van der Waals surface area contributed by atoms with Crippen LogP contribution in [0.15, 0.2) is 18.2 Å². The second-order valence-electron chi connectivity index (χ2n) is 5.25. The summed E-state index contributed by atoms with van der Waals surface area (Å²) in [5, 5.41) is 8.78. The van der Waals surface area contributed by atoms with Gasteiger partial charge in [0.2, 0.25) is 0 Å². The molecule has 1 atom stereocenters. The molecule has 1 aromatic rings. The van der Waals surface area contributed by atoms with Crippen molar-refractivity contribution in [3.63, 3.8) is 0 Å². The highest BCUT2D eigenvalue weighted by Crippen LogP contribution is 2.43. The van der Waals surface area contributed by atoms with Crippen LogP contribution in [0.1, 0.15) is 32.3 Å². The Bertz CT molecular complexity index is 638. The van der Waals surface area contributed by atoms with Crippen LogP contribution in [0.4, 0.5) is 5.69 Å². The van der Waals surface area contributed by atoms with Gasteiger partial charge in [0.1, 0.15) is 0 Å². The molecule has 0 bridgehead atoms. The van der Waals surface area contributed by atoms with Gasteiger partial charge in [-0.15, -0.1) is 0 Å². The van der Waals surface area contributed by atoms with E-state index in [0.717, 1.165) is 12.5 Å². The summed E-state index contributed by atoms with van der Waals surface area (Å²) in [6.07, 6.45) is 3.36. The quantitative estimate of drug-likeness (QED) is 0.816. The number of carbonyl (C=O) groups is 2. The number of aliphatic carboxylic acids is 1. The van der Waals surface area contributed by atoms with Gasteiger partial charge < -0.3 is 19.5 Å². The molecule has 1 N–H and O–H groups in total. The molecule has 0 spiro atoms. The molecule has 0 saturated carbocycles. The average molecular weight is 319 g/mol. The molecular formula is C17H21NO5. The van der Waals surface area contributed by atoms with Crippen molar-refractivity contribution in [3.8, 4) is 11.5 Å². The van der Waals surface area contributed by atoms with E-state index in [9.17, 15) is 9.59 Å². The van der Waals surface area contributed by atoms with Gasteiger partial charge in [-0.25, -0.2) is 4.79 Å². The molecule has 124 valence electrons. The summed E-state index contributed by atoms with van der Waals surface area (Å²) in [6, 6.07) is 3.45. The summed E-state index contributed by atoms with van der Waals surface area (Å²) in [6.45, 7) is 4.46. The van der Waals surface area contributed by atoms with Gasteiger partial charge in [0, 0.05) is 12.6 Å². The Labute approximate surface area is 135 Å². The van der Waals surface area contributed by atoms with Crippen LogP contribution in [0.2, 0.25) is 0 Å². The van der Waals surface area contributed by atoms with Gasteiger partial charge in [-0.1, -0.05) is 13.8 Å². The minimum atomic E-state index is -1.04. The first-order chi connectivity index (χ1) is 11.0. The van der Waals surface area contributed by atoms with Crippen LogP contribution < -0.4 is 14.4 Å². The van der Waals surface area contributed by atoms with E-state index < -0.39 is 12.1 Å². The average Bonchev–Trinajstić information content (AvgIpc) is 2.54. The number of nitrogens with zero attached hydrogens (tertiary/aromatic N) is 1. The van der Waals surface area contributed by atoms with E-state index in [1.54, 1.807) is 17.0 Å². The predicted octanol–water partition coefficient (Wildman–Crippen LogP) is 2.71. The largest absolute Gasteiger partial charge is 0.493 e. The van der Waals surface area contributed by atoms with Crippen LogP contribution in [0.5, 0.6) is 11.5 Å². The molecule has 0 radical (unpaired) electrons. The number of hydrogen-bond acceptors (Lipinski definition) is 4. The zero-order valence-corrected chi connectivity index (χ0v) is 13.5. The maximum atomic E-state index is 12.5. The Morgan fingerprint density at radius 3 is 2.74 bits per heavy atom. The molecule has 6 heteroatoms. The fourth-order valence-electron chi connectivity index (χ4n) is 2.54. The third-order valence-electron chi connectivity index (χ3n) is 3.61. The van der Waals surface area contributed by atoms with Crippen molar-refractivity contribution in [1.29, 1.82) is 0 Å². The number of ether oxygens (including phenoxy) is 2. The number of rotatable bonds is 6. The summed E-state index contributed by atoms with van der Waals surface area (Å²) in [4.78, 5) is 24.9. The first-order valence-electron chi connectivity index (χ1n) is 7.62. The first-order valence-corrected chi connectivity index (χ1v) is 7.62. The van der Waals surface area contributed by atoms with Crippen molar-refractivity contribution in [2.45, 2.75) is 32.8 Å². The molecule has 0 aliphatic carbocycles. The standard InChI is InChI=1S/C17H21NO5/c1-4-8-18-12-9-11(6-7-15(19)20)10-14(22-3)16(12)23-13(5-2)17(18)21/h6-7,9-10,13H,4-5,8H2,1-3H3,(H,19,20)/b7-6+. The summed E-state index contributed by atoms with van der Waals surface area (Å²) < 4.78 is 11.2. The zero-order valence-electron chi connectivity index (χ0n) is 13.5. The highest BCUT2D eigenvalue weighted by Gasteiger charge is 2.35. The molecule has 6 nitrogen and oxygen atoms in total. The zero-order chi connectivity index (χ0) is 17.0. The third kappa shape index (κ3) is 3.47. The van der Waals surface area contributed by atoms with Gasteiger partial charge in [0.05, 0.1) is 12.8 Å². The maximum absolute atomic E-state index is 12.5. The van der Waals surface area contributed by atoms with E-state index in [4.69, 9.17) is 14.6 Å². The van der Waals surface area contributed by atoms with E-state index in [1.165, 1.54) is 13.2 Å². The summed E-state index contributed by atoms with van der Waals surface area (Å²) >= 11 is 0. The van der Waals surface area contributed by atoms with E-state index in [0.29, 0.717) is 35.7 Å². The molecule has 0 aromatic heterocycles. The molecule has 1 heterocycles. The molecule has 1 aliphatic heterocycles. The van der Waals surface area contributed by atoms with Crippen LogP contribution in [0.25, 0.3) is 6.08 Å². The van der Waals surface area contributed by atoms with Crippen molar-refractivity contribution in [3.05, 3.63) is 23.8 Å². The molecular weight excluding hydrogens is 298 g/mol. The number of carbonyl (C=O) groups excluding carboxylic acids is 1. The topological polar surface area (TPSA) is 76.1 Å². The number of carboxylic acid groups (broad SMARTS) is 1. The van der Waals surface area contributed by atoms with Gasteiger partial charge in [0.15, 0.2) is 17.6 Å². The molecule has 1 unspecified atom stereocenters. The Balaban J connectivity index is 2.55. The molecule has 0 fully saturated rings. The van der Waals surface area contributed by atoms with Crippen molar-refractivity contribution in [2.24, 2.45) is 0 Å². The molecule has 23 heavy (non-hydrogen) atoms.